The number of hydrogen-bond acceptors (Lipinski definition) is 5. The van der Waals surface area contributed by atoms with Gasteiger partial charge in [-0.25, -0.2) is 0 Å². The van der Waals surface area contributed by atoms with Crippen LogP contribution in [-0.4, -0.2) is 79.3 Å². The summed E-state index contributed by atoms with van der Waals surface area (Å²) in [4.78, 5) is 26.8. The Morgan fingerprint density at radius 2 is 2.12 bits per heavy atom. The largest absolute Gasteiger partial charge is 0.480 e. The number of carbonyl (C=O) groups excluding carboxylic acids is 1. The van der Waals surface area contributed by atoms with Crippen molar-refractivity contribution in [3.63, 3.8) is 0 Å². The number of ether oxygens (including phenoxy) is 1. The number of aliphatic carboxylic acids is 1. The molecule has 26 heavy (non-hydrogen) atoms. The van der Waals surface area contributed by atoms with Crippen molar-refractivity contribution in [3.05, 3.63) is 34.9 Å². The molecule has 0 bridgehead atoms. The molecule has 1 amide bonds. The lowest BCUT2D eigenvalue weighted by molar-refractivity contribution is -0.138. The van der Waals surface area contributed by atoms with E-state index in [-0.39, 0.29) is 24.6 Å². The van der Waals surface area contributed by atoms with E-state index < -0.39 is 5.97 Å². The van der Waals surface area contributed by atoms with Crippen LogP contribution in [-0.2, 0) is 14.3 Å². The Kier molecular flexibility index (Phi) is 7.84. The van der Waals surface area contributed by atoms with Gasteiger partial charge < -0.3 is 15.2 Å². The molecule has 1 heterocycles. The van der Waals surface area contributed by atoms with Gasteiger partial charge >= 0.3 is 5.97 Å². The SMILES string of the molecule is CC(NC(=O)CN1CCOC(CN(C)CC(=O)O)C1)c1ccc(Cl)cc1. The molecule has 0 spiro atoms. The molecule has 0 saturated carbocycles. The highest BCUT2D eigenvalue weighted by Gasteiger charge is 2.24. The molecular formula is C18H26ClN3O4. The third-order valence-corrected chi connectivity index (χ3v) is 4.51. The number of benzene rings is 1. The average molecular weight is 384 g/mol. The van der Waals surface area contributed by atoms with Crippen LogP contribution in [0.2, 0.25) is 5.02 Å². The van der Waals surface area contributed by atoms with Crippen LogP contribution in [0.25, 0.3) is 0 Å². The van der Waals surface area contributed by atoms with Crippen LogP contribution in [0, 0.1) is 0 Å². The first kappa shape index (κ1) is 20.6. The van der Waals surface area contributed by atoms with E-state index >= 15 is 0 Å². The molecule has 1 aliphatic rings. The van der Waals surface area contributed by atoms with Crippen molar-refractivity contribution >= 4 is 23.5 Å². The van der Waals surface area contributed by atoms with Gasteiger partial charge in [0.2, 0.25) is 5.91 Å². The van der Waals surface area contributed by atoms with Crippen LogP contribution in [0.3, 0.4) is 0 Å². The van der Waals surface area contributed by atoms with Crippen molar-refractivity contribution in [3.8, 4) is 0 Å². The highest BCUT2D eigenvalue weighted by atomic mass is 35.5. The standard InChI is InChI=1S/C18H26ClN3O4/c1-13(14-3-5-15(19)6-4-14)20-17(23)11-22-7-8-26-16(10-22)9-21(2)12-18(24)25/h3-6,13,16H,7-12H2,1-2H3,(H,20,23)(H,24,25). The maximum absolute atomic E-state index is 12.3. The molecule has 2 rings (SSSR count). The fourth-order valence-corrected chi connectivity index (χ4v) is 3.13. The molecule has 0 aliphatic carbocycles. The first-order valence-corrected chi connectivity index (χ1v) is 9.00. The lowest BCUT2D eigenvalue weighted by Gasteiger charge is -2.34. The number of amides is 1. The maximum atomic E-state index is 12.3. The molecule has 1 saturated heterocycles. The fourth-order valence-electron chi connectivity index (χ4n) is 3.00. The van der Waals surface area contributed by atoms with Crippen LogP contribution in [0.4, 0.5) is 0 Å². The molecule has 1 aromatic rings. The van der Waals surface area contributed by atoms with Crippen molar-refractivity contribution in [2.24, 2.45) is 0 Å². The van der Waals surface area contributed by atoms with Gasteiger partial charge in [0.25, 0.3) is 0 Å². The molecule has 2 N–H and O–H groups in total. The number of carboxylic acid groups (broad SMARTS) is 1. The Balaban J connectivity index is 1.78. The molecule has 0 radical (unpaired) electrons. The second-order valence-electron chi connectivity index (χ2n) is 6.66. The number of carbonyl (C=O) groups is 2. The molecule has 0 aromatic heterocycles. The molecular weight excluding hydrogens is 358 g/mol. The first-order valence-electron chi connectivity index (χ1n) is 8.62. The van der Waals surface area contributed by atoms with Gasteiger partial charge in [-0.1, -0.05) is 23.7 Å². The van der Waals surface area contributed by atoms with E-state index in [2.05, 4.69) is 5.32 Å². The summed E-state index contributed by atoms with van der Waals surface area (Å²) in [7, 11) is 1.75. The minimum atomic E-state index is -0.865. The summed E-state index contributed by atoms with van der Waals surface area (Å²) in [5, 5.41) is 12.5. The minimum Gasteiger partial charge on any atom is -0.480 e. The van der Waals surface area contributed by atoms with Crippen molar-refractivity contribution in [2.75, 3.05) is 46.4 Å². The first-order chi connectivity index (χ1) is 12.3. The summed E-state index contributed by atoms with van der Waals surface area (Å²) in [6, 6.07) is 7.31. The number of carboxylic acids is 1. The van der Waals surface area contributed by atoms with E-state index in [9.17, 15) is 9.59 Å². The third-order valence-electron chi connectivity index (χ3n) is 4.26. The van der Waals surface area contributed by atoms with Crippen molar-refractivity contribution in [1.82, 2.24) is 15.1 Å². The van der Waals surface area contributed by atoms with E-state index in [1.165, 1.54) is 0 Å². The predicted molar refractivity (Wildman–Crippen MR) is 99.3 cm³/mol. The summed E-state index contributed by atoms with van der Waals surface area (Å²) in [5.41, 5.74) is 0.998. The lowest BCUT2D eigenvalue weighted by Crippen LogP contribution is -2.50. The molecule has 2 unspecified atom stereocenters. The Labute approximate surface area is 158 Å². The summed E-state index contributed by atoms with van der Waals surface area (Å²) >= 11 is 5.89. The monoisotopic (exact) mass is 383 g/mol. The highest BCUT2D eigenvalue weighted by Crippen LogP contribution is 2.16. The van der Waals surface area contributed by atoms with Crippen LogP contribution in [0.15, 0.2) is 24.3 Å². The van der Waals surface area contributed by atoms with Crippen molar-refractivity contribution < 1.29 is 19.4 Å². The number of nitrogens with zero attached hydrogens (tertiary/aromatic N) is 2. The average Bonchev–Trinajstić information content (AvgIpc) is 2.54. The number of rotatable bonds is 8. The fraction of sp³-hybridized carbons (Fsp3) is 0.556. The van der Waals surface area contributed by atoms with Gasteiger partial charge in [0, 0.05) is 24.7 Å². The summed E-state index contributed by atoms with van der Waals surface area (Å²) in [5.74, 6) is -0.914. The summed E-state index contributed by atoms with van der Waals surface area (Å²) in [6.07, 6.45) is -0.102. The van der Waals surface area contributed by atoms with Gasteiger partial charge in [0.1, 0.15) is 0 Å². The number of hydrogen-bond donors (Lipinski definition) is 2. The van der Waals surface area contributed by atoms with Crippen LogP contribution in [0.1, 0.15) is 18.5 Å². The van der Waals surface area contributed by atoms with Crippen LogP contribution in [0.5, 0.6) is 0 Å². The lowest BCUT2D eigenvalue weighted by atomic mass is 10.1. The Hall–Kier alpha value is -1.67. The van der Waals surface area contributed by atoms with Crippen molar-refractivity contribution in [1.29, 1.82) is 0 Å². The van der Waals surface area contributed by atoms with E-state index in [0.29, 0.717) is 37.8 Å². The zero-order valence-electron chi connectivity index (χ0n) is 15.2. The van der Waals surface area contributed by atoms with Gasteiger partial charge in [-0.2, -0.15) is 0 Å². The number of nitrogens with one attached hydrogen (secondary N) is 1. The molecule has 2 atom stereocenters. The highest BCUT2D eigenvalue weighted by molar-refractivity contribution is 6.30. The van der Waals surface area contributed by atoms with Crippen LogP contribution < -0.4 is 5.32 Å². The zero-order chi connectivity index (χ0) is 19.1. The van der Waals surface area contributed by atoms with Crippen molar-refractivity contribution in [2.45, 2.75) is 19.1 Å². The second-order valence-corrected chi connectivity index (χ2v) is 7.10. The molecule has 1 aliphatic heterocycles. The molecule has 1 aromatic carbocycles. The summed E-state index contributed by atoms with van der Waals surface area (Å²) in [6.45, 7) is 4.54. The smallest absolute Gasteiger partial charge is 0.317 e. The Morgan fingerprint density at radius 3 is 2.77 bits per heavy atom. The number of likely N-dealkylation sites (N-methyl/N-ethyl adjacent to an activating group) is 1. The van der Waals surface area contributed by atoms with E-state index in [0.717, 1.165) is 5.56 Å². The second kappa shape index (κ2) is 9.87. The molecule has 7 nitrogen and oxygen atoms in total. The third kappa shape index (κ3) is 6.92. The summed E-state index contributed by atoms with van der Waals surface area (Å²) < 4.78 is 5.68. The van der Waals surface area contributed by atoms with E-state index in [1.54, 1.807) is 24.1 Å². The van der Waals surface area contributed by atoms with Gasteiger partial charge in [0.05, 0.1) is 31.8 Å². The van der Waals surface area contributed by atoms with Crippen LogP contribution >= 0.6 is 11.6 Å². The van der Waals surface area contributed by atoms with E-state index in [4.69, 9.17) is 21.4 Å². The number of morpholine rings is 1. The quantitative estimate of drug-likeness (QED) is 0.702. The zero-order valence-corrected chi connectivity index (χ0v) is 15.9. The normalized spacial score (nSPS) is 19.3. The predicted octanol–water partition coefficient (Wildman–Crippen LogP) is 1.23. The maximum Gasteiger partial charge on any atom is 0.317 e. The Bertz CT molecular complexity index is 611. The molecule has 144 valence electrons. The molecule has 8 heteroatoms. The topological polar surface area (TPSA) is 82.1 Å². The number of halogens is 1. The van der Waals surface area contributed by atoms with E-state index in [1.807, 2.05) is 24.0 Å². The van der Waals surface area contributed by atoms with Gasteiger partial charge in [-0.3, -0.25) is 19.4 Å². The van der Waals surface area contributed by atoms with Gasteiger partial charge in [-0.15, -0.1) is 0 Å². The van der Waals surface area contributed by atoms with Gasteiger partial charge in [0.15, 0.2) is 0 Å². The minimum absolute atomic E-state index is 0.0288. The molecule has 1 fully saturated rings. The Morgan fingerprint density at radius 1 is 1.42 bits per heavy atom. The van der Waals surface area contributed by atoms with Gasteiger partial charge in [-0.05, 0) is 31.7 Å².